The molecule has 1 unspecified atom stereocenters. The Hall–Kier alpha value is -0.820. The van der Waals surface area contributed by atoms with Crippen molar-refractivity contribution in [1.29, 1.82) is 0 Å². The number of nitrogens with two attached hydrogens (primary N) is 1. The molecular formula is C18H31N. The highest BCUT2D eigenvalue weighted by molar-refractivity contribution is 5.37. The average molecular weight is 261 g/mol. The summed E-state index contributed by atoms with van der Waals surface area (Å²) in [5.41, 5.74) is 10.7. The molecule has 0 aliphatic rings. The van der Waals surface area contributed by atoms with Crippen molar-refractivity contribution in [1.82, 2.24) is 0 Å². The van der Waals surface area contributed by atoms with Gasteiger partial charge in [-0.05, 0) is 40.4 Å². The molecule has 0 bridgehead atoms. The van der Waals surface area contributed by atoms with Crippen LogP contribution >= 0.6 is 0 Å². The van der Waals surface area contributed by atoms with E-state index in [-0.39, 0.29) is 16.9 Å². The lowest BCUT2D eigenvalue weighted by molar-refractivity contribution is 0.564. The Balaban J connectivity index is 3.25. The summed E-state index contributed by atoms with van der Waals surface area (Å²) < 4.78 is 0. The molecule has 19 heavy (non-hydrogen) atoms. The van der Waals surface area contributed by atoms with Crippen LogP contribution in [0, 0.1) is 0 Å². The molecule has 2 N–H and O–H groups in total. The Bertz CT molecular complexity index is 386. The molecule has 0 fully saturated rings. The molecule has 0 aromatic heterocycles. The van der Waals surface area contributed by atoms with Crippen LogP contribution in [-0.4, -0.2) is 6.04 Å². The standard InChI is InChI=1S/C18H31N/c1-8-16(19)11-13-9-14(17(2,3)4)12-15(10-13)18(5,6)7/h9-10,12,16H,8,11,19H2,1-7H3. The summed E-state index contributed by atoms with van der Waals surface area (Å²) >= 11 is 0. The van der Waals surface area contributed by atoms with E-state index in [0.29, 0.717) is 0 Å². The highest BCUT2D eigenvalue weighted by Gasteiger charge is 2.20. The van der Waals surface area contributed by atoms with Gasteiger partial charge >= 0.3 is 0 Å². The highest BCUT2D eigenvalue weighted by atomic mass is 14.6. The van der Waals surface area contributed by atoms with Crippen LogP contribution in [0.1, 0.15) is 71.6 Å². The first-order valence-corrected chi connectivity index (χ1v) is 7.44. The van der Waals surface area contributed by atoms with Gasteiger partial charge in [-0.3, -0.25) is 0 Å². The highest BCUT2D eigenvalue weighted by Crippen LogP contribution is 2.30. The van der Waals surface area contributed by atoms with E-state index < -0.39 is 0 Å². The summed E-state index contributed by atoms with van der Waals surface area (Å²) in [5, 5.41) is 0. The van der Waals surface area contributed by atoms with Gasteiger partial charge in [0.1, 0.15) is 0 Å². The van der Waals surface area contributed by atoms with Crippen LogP contribution in [-0.2, 0) is 17.3 Å². The van der Waals surface area contributed by atoms with Gasteiger partial charge in [0, 0.05) is 6.04 Å². The summed E-state index contributed by atoms with van der Waals surface area (Å²) in [5.74, 6) is 0. The average Bonchev–Trinajstić information content (AvgIpc) is 2.26. The predicted octanol–water partition coefficient (Wildman–Crippen LogP) is 4.56. The van der Waals surface area contributed by atoms with Crippen LogP contribution in [0.5, 0.6) is 0 Å². The second kappa shape index (κ2) is 5.66. The molecule has 1 aromatic rings. The third kappa shape index (κ3) is 4.65. The van der Waals surface area contributed by atoms with E-state index >= 15 is 0 Å². The Kier molecular flexibility index (Phi) is 4.84. The molecule has 0 spiro atoms. The molecule has 0 amide bonds. The van der Waals surface area contributed by atoms with Crippen molar-refractivity contribution in [3.63, 3.8) is 0 Å². The molecule has 1 heteroatoms. The van der Waals surface area contributed by atoms with Gasteiger partial charge in [0.15, 0.2) is 0 Å². The molecule has 1 aromatic carbocycles. The Labute approximate surface area is 119 Å². The van der Waals surface area contributed by atoms with Gasteiger partial charge in [0.25, 0.3) is 0 Å². The van der Waals surface area contributed by atoms with E-state index in [0.717, 1.165) is 12.8 Å². The second-order valence-electron chi connectivity index (χ2n) is 7.79. The fourth-order valence-electron chi connectivity index (χ4n) is 2.12. The van der Waals surface area contributed by atoms with Crippen molar-refractivity contribution in [3.8, 4) is 0 Å². The summed E-state index contributed by atoms with van der Waals surface area (Å²) in [4.78, 5) is 0. The van der Waals surface area contributed by atoms with Gasteiger partial charge in [0.2, 0.25) is 0 Å². The van der Waals surface area contributed by atoms with Gasteiger partial charge in [-0.1, -0.05) is 66.7 Å². The Morgan fingerprint density at radius 1 is 0.895 bits per heavy atom. The Morgan fingerprint density at radius 3 is 1.63 bits per heavy atom. The van der Waals surface area contributed by atoms with Gasteiger partial charge in [0.05, 0.1) is 0 Å². The first-order valence-electron chi connectivity index (χ1n) is 7.44. The number of benzene rings is 1. The van der Waals surface area contributed by atoms with Gasteiger partial charge < -0.3 is 5.73 Å². The maximum Gasteiger partial charge on any atom is 0.00766 e. The fourth-order valence-corrected chi connectivity index (χ4v) is 2.12. The second-order valence-corrected chi connectivity index (χ2v) is 7.79. The van der Waals surface area contributed by atoms with Crippen LogP contribution in [0.4, 0.5) is 0 Å². The zero-order chi connectivity index (χ0) is 14.8. The molecule has 0 heterocycles. The minimum absolute atomic E-state index is 0.187. The summed E-state index contributed by atoms with van der Waals surface area (Å²) in [6.07, 6.45) is 2.01. The van der Waals surface area contributed by atoms with E-state index in [1.165, 1.54) is 16.7 Å². The lowest BCUT2D eigenvalue weighted by Gasteiger charge is -2.26. The van der Waals surface area contributed by atoms with Crippen LogP contribution in [0.25, 0.3) is 0 Å². The molecule has 0 radical (unpaired) electrons. The van der Waals surface area contributed by atoms with Crippen LogP contribution in [0.15, 0.2) is 18.2 Å². The molecule has 1 nitrogen and oxygen atoms in total. The predicted molar refractivity (Wildman–Crippen MR) is 85.8 cm³/mol. The van der Waals surface area contributed by atoms with Crippen LogP contribution in [0.2, 0.25) is 0 Å². The lowest BCUT2D eigenvalue weighted by atomic mass is 9.79. The fraction of sp³-hybridized carbons (Fsp3) is 0.667. The minimum atomic E-state index is 0.187. The van der Waals surface area contributed by atoms with Gasteiger partial charge in [-0.2, -0.15) is 0 Å². The zero-order valence-corrected chi connectivity index (χ0v) is 13.8. The molecule has 108 valence electrons. The summed E-state index contributed by atoms with van der Waals surface area (Å²) in [6.45, 7) is 15.8. The molecule has 0 aliphatic carbocycles. The molecule has 1 rings (SSSR count). The first-order chi connectivity index (χ1) is 8.54. The third-order valence-electron chi connectivity index (χ3n) is 3.75. The SMILES string of the molecule is CCC(N)Cc1cc(C(C)(C)C)cc(C(C)(C)C)c1. The molecular weight excluding hydrogens is 230 g/mol. The number of hydrogen-bond acceptors (Lipinski definition) is 1. The van der Waals surface area contributed by atoms with Crippen molar-refractivity contribution in [2.45, 2.75) is 78.2 Å². The van der Waals surface area contributed by atoms with Crippen molar-refractivity contribution >= 4 is 0 Å². The van der Waals surface area contributed by atoms with Crippen molar-refractivity contribution in [2.75, 3.05) is 0 Å². The quantitative estimate of drug-likeness (QED) is 0.848. The number of rotatable bonds is 3. The first kappa shape index (κ1) is 16.2. The molecule has 0 aliphatic heterocycles. The van der Waals surface area contributed by atoms with Crippen molar-refractivity contribution < 1.29 is 0 Å². The van der Waals surface area contributed by atoms with Crippen molar-refractivity contribution in [2.24, 2.45) is 5.73 Å². The largest absolute Gasteiger partial charge is 0.327 e. The lowest BCUT2D eigenvalue weighted by Crippen LogP contribution is -2.23. The number of hydrogen-bond donors (Lipinski definition) is 1. The minimum Gasteiger partial charge on any atom is -0.327 e. The monoisotopic (exact) mass is 261 g/mol. The normalized spacial score (nSPS) is 14.5. The third-order valence-corrected chi connectivity index (χ3v) is 3.75. The Morgan fingerprint density at radius 2 is 1.32 bits per heavy atom. The van der Waals surface area contributed by atoms with E-state index in [2.05, 4.69) is 66.7 Å². The van der Waals surface area contributed by atoms with E-state index in [4.69, 9.17) is 5.73 Å². The summed E-state index contributed by atoms with van der Waals surface area (Å²) in [6, 6.07) is 7.30. The molecule has 0 saturated heterocycles. The summed E-state index contributed by atoms with van der Waals surface area (Å²) in [7, 11) is 0. The molecule has 0 saturated carbocycles. The molecule has 1 atom stereocenters. The van der Waals surface area contributed by atoms with Gasteiger partial charge in [-0.15, -0.1) is 0 Å². The maximum absolute atomic E-state index is 6.12. The van der Waals surface area contributed by atoms with Gasteiger partial charge in [-0.25, -0.2) is 0 Å². The topological polar surface area (TPSA) is 26.0 Å². The zero-order valence-electron chi connectivity index (χ0n) is 13.8. The van der Waals surface area contributed by atoms with E-state index in [1.807, 2.05) is 0 Å². The van der Waals surface area contributed by atoms with Crippen LogP contribution in [0.3, 0.4) is 0 Å². The van der Waals surface area contributed by atoms with Crippen molar-refractivity contribution in [3.05, 3.63) is 34.9 Å². The van der Waals surface area contributed by atoms with Crippen LogP contribution < -0.4 is 5.73 Å². The van der Waals surface area contributed by atoms with E-state index in [9.17, 15) is 0 Å². The van der Waals surface area contributed by atoms with E-state index in [1.54, 1.807) is 0 Å². The smallest absolute Gasteiger partial charge is 0.00766 e. The maximum atomic E-state index is 6.12.